The SMILES string of the molecule is CCCCCCCCCCCCC(CCOC(=O)CCCCC(CCCCCCCCC(=O)O)CCCCCCCCC(=O)O)OC(=O)OCCCN(CC)CC. The minimum Gasteiger partial charge on any atom is -0.481 e. The number of esters is 1. The second kappa shape index (κ2) is 41.8. The Hall–Kier alpha value is -2.36. The van der Waals surface area contributed by atoms with Crippen LogP contribution in [0.5, 0.6) is 0 Å². The molecule has 0 aliphatic rings. The molecule has 10 nitrogen and oxygen atoms in total. The number of hydrogen-bond acceptors (Lipinski definition) is 8. The Kier molecular flexibility index (Phi) is 40.1. The van der Waals surface area contributed by atoms with E-state index in [2.05, 4.69) is 25.7 Å². The zero-order chi connectivity index (χ0) is 42.0. The molecule has 0 aromatic carbocycles. The van der Waals surface area contributed by atoms with E-state index in [1.54, 1.807) is 0 Å². The molecule has 57 heavy (non-hydrogen) atoms. The van der Waals surface area contributed by atoms with Crippen LogP contribution in [0, 0.1) is 5.92 Å². The summed E-state index contributed by atoms with van der Waals surface area (Å²) in [5.74, 6) is -0.971. The van der Waals surface area contributed by atoms with Gasteiger partial charge in [0.2, 0.25) is 0 Å². The predicted octanol–water partition coefficient (Wildman–Crippen LogP) is 13.1. The summed E-state index contributed by atoms with van der Waals surface area (Å²) < 4.78 is 16.8. The van der Waals surface area contributed by atoms with Crippen LogP contribution in [0.4, 0.5) is 4.79 Å². The smallest absolute Gasteiger partial charge is 0.481 e. The molecule has 0 bridgehead atoms. The number of ether oxygens (including phenoxy) is 3. The molecule has 0 heterocycles. The van der Waals surface area contributed by atoms with Crippen molar-refractivity contribution in [1.29, 1.82) is 0 Å². The third-order valence-electron chi connectivity index (χ3n) is 11.3. The van der Waals surface area contributed by atoms with Crippen molar-refractivity contribution >= 4 is 24.1 Å². The molecule has 0 aromatic rings. The average molecular weight is 812 g/mol. The number of carbonyl (C=O) groups excluding carboxylic acids is 2. The van der Waals surface area contributed by atoms with Crippen LogP contribution in [0.1, 0.15) is 233 Å². The van der Waals surface area contributed by atoms with Crippen molar-refractivity contribution in [2.75, 3.05) is 32.8 Å². The van der Waals surface area contributed by atoms with Gasteiger partial charge in [0.1, 0.15) is 6.10 Å². The summed E-state index contributed by atoms with van der Waals surface area (Å²) in [6.07, 6.45) is 32.4. The highest BCUT2D eigenvalue weighted by Gasteiger charge is 2.17. The van der Waals surface area contributed by atoms with E-state index in [1.807, 2.05) is 0 Å². The molecule has 1 atom stereocenters. The Bertz CT molecular complexity index is 912. The van der Waals surface area contributed by atoms with E-state index in [4.69, 9.17) is 24.4 Å². The molecule has 336 valence electrons. The third-order valence-corrected chi connectivity index (χ3v) is 11.3. The Morgan fingerprint density at radius 2 is 0.877 bits per heavy atom. The van der Waals surface area contributed by atoms with Gasteiger partial charge in [0.05, 0.1) is 13.2 Å². The highest BCUT2D eigenvalue weighted by atomic mass is 16.7. The van der Waals surface area contributed by atoms with Crippen molar-refractivity contribution in [1.82, 2.24) is 4.90 Å². The fraction of sp³-hybridized carbons (Fsp3) is 0.915. The summed E-state index contributed by atoms with van der Waals surface area (Å²) in [5, 5.41) is 17.7. The Morgan fingerprint density at radius 1 is 0.456 bits per heavy atom. The predicted molar refractivity (Wildman–Crippen MR) is 232 cm³/mol. The highest BCUT2D eigenvalue weighted by molar-refractivity contribution is 5.69. The van der Waals surface area contributed by atoms with Crippen LogP contribution in [0.3, 0.4) is 0 Å². The Balaban J connectivity index is 4.66. The van der Waals surface area contributed by atoms with Gasteiger partial charge >= 0.3 is 24.1 Å². The minimum atomic E-state index is -0.712. The van der Waals surface area contributed by atoms with E-state index >= 15 is 0 Å². The molecule has 0 spiro atoms. The van der Waals surface area contributed by atoms with Crippen molar-refractivity contribution in [2.24, 2.45) is 5.92 Å². The maximum atomic E-state index is 12.7. The van der Waals surface area contributed by atoms with E-state index in [0.717, 1.165) is 116 Å². The lowest BCUT2D eigenvalue weighted by molar-refractivity contribution is -0.144. The van der Waals surface area contributed by atoms with E-state index in [1.165, 1.54) is 89.9 Å². The topological polar surface area (TPSA) is 140 Å². The maximum Gasteiger partial charge on any atom is 0.508 e. The average Bonchev–Trinajstić information content (AvgIpc) is 3.18. The van der Waals surface area contributed by atoms with Crippen molar-refractivity contribution in [3.8, 4) is 0 Å². The first-order valence-electron chi connectivity index (χ1n) is 23.9. The first kappa shape index (κ1) is 54.6. The lowest BCUT2D eigenvalue weighted by Gasteiger charge is -2.19. The molecule has 0 saturated carbocycles. The van der Waals surface area contributed by atoms with Gasteiger partial charge in [0.25, 0.3) is 0 Å². The Labute approximate surface area is 349 Å². The summed E-state index contributed by atoms with van der Waals surface area (Å²) in [6.45, 7) is 9.92. The maximum absolute atomic E-state index is 12.7. The van der Waals surface area contributed by atoms with E-state index in [0.29, 0.717) is 25.4 Å². The number of nitrogens with zero attached hydrogens (tertiary/aromatic N) is 1. The van der Waals surface area contributed by atoms with E-state index in [9.17, 15) is 19.2 Å². The minimum absolute atomic E-state index is 0.186. The third kappa shape index (κ3) is 40.2. The number of carboxylic acids is 2. The quantitative estimate of drug-likeness (QED) is 0.0451. The molecular formula is C47H89NO9. The highest BCUT2D eigenvalue weighted by Crippen LogP contribution is 2.25. The van der Waals surface area contributed by atoms with Crippen molar-refractivity contribution in [3.63, 3.8) is 0 Å². The van der Waals surface area contributed by atoms with Gasteiger partial charge in [-0.1, -0.05) is 168 Å². The molecular weight excluding hydrogens is 723 g/mol. The van der Waals surface area contributed by atoms with Gasteiger partial charge in [0.15, 0.2) is 0 Å². The molecule has 0 aliphatic heterocycles. The van der Waals surface area contributed by atoms with Crippen LogP contribution in [0.15, 0.2) is 0 Å². The van der Waals surface area contributed by atoms with E-state index in [-0.39, 0.29) is 31.5 Å². The van der Waals surface area contributed by atoms with Crippen molar-refractivity contribution in [3.05, 3.63) is 0 Å². The monoisotopic (exact) mass is 812 g/mol. The molecule has 0 saturated heterocycles. The van der Waals surface area contributed by atoms with Gasteiger partial charge in [-0.3, -0.25) is 14.4 Å². The van der Waals surface area contributed by atoms with Crippen molar-refractivity contribution < 1.29 is 43.6 Å². The lowest BCUT2D eigenvalue weighted by Crippen LogP contribution is -2.26. The fourth-order valence-electron chi connectivity index (χ4n) is 7.62. The van der Waals surface area contributed by atoms with Gasteiger partial charge in [-0.2, -0.15) is 0 Å². The summed E-state index contributed by atoms with van der Waals surface area (Å²) in [5.41, 5.74) is 0. The fourth-order valence-corrected chi connectivity index (χ4v) is 7.62. The van der Waals surface area contributed by atoms with E-state index < -0.39 is 18.1 Å². The second-order valence-corrected chi connectivity index (χ2v) is 16.4. The number of hydrogen-bond donors (Lipinski definition) is 2. The summed E-state index contributed by atoms with van der Waals surface area (Å²) in [6, 6.07) is 0. The van der Waals surface area contributed by atoms with Crippen LogP contribution in [0.2, 0.25) is 0 Å². The largest absolute Gasteiger partial charge is 0.508 e. The molecule has 10 heteroatoms. The molecule has 0 rings (SSSR count). The van der Waals surface area contributed by atoms with Crippen LogP contribution in [-0.4, -0.2) is 78.1 Å². The molecule has 0 amide bonds. The van der Waals surface area contributed by atoms with Crippen LogP contribution in [-0.2, 0) is 28.6 Å². The molecule has 0 aromatic heterocycles. The number of unbranched alkanes of at least 4 members (excludes halogenated alkanes) is 20. The molecule has 2 N–H and O–H groups in total. The Morgan fingerprint density at radius 3 is 1.35 bits per heavy atom. The first-order chi connectivity index (χ1) is 27.7. The molecule has 0 radical (unpaired) electrons. The molecule has 0 aliphatic carbocycles. The summed E-state index contributed by atoms with van der Waals surface area (Å²) >= 11 is 0. The number of rotatable bonds is 44. The van der Waals surface area contributed by atoms with Crippen LogP contribution in [0.25, 0.3) is 0 Å². The van der Waals surface area contributed by atoms with Gasteiger partial charge in [-0.15, -0.1) is 0 Å². The number of carbonyl (C=O) groups is 4. The summed E-state index contributed by atoms with van der Waals surface area (Å²) in [7, 11) is 0. The van der Waals surface area contributed by atoms with Gasteiger partial charge < -0.3 is 29.3 Å². The number of aliphatic carboxylic acids is 2. The lowest BCUT2D eigenvalue weighted by atomic mass is 9.89. The standard InChI is InChI=1S/C47H89NO9/c1-4-7-8-9-10-11-12-13-20-25-34-43(57-47(54)56-40-30-39-48(5-2)6-3)38-41-55-46(53)37-29-28-33-42(31-23-18-14-16-21-26-35-44(49)50)32-24-19-15-17-22-27-36-45(51)52/h42-43H,4-41H2,1-3H3,(H,49,50)(H,51,52). The molecule has 1 unspecified atom stereocenters. The zero-order valence-electron chi connectivity index (χ0n) is 37.2. The van der Waals surface area contributed by atoms with Crippen LogP contribution >= 0.6 is 0 Å². The molecule has 0 fully saturated rings. The van der Waals surface area contributed by atoms with Gasteiger partial charge in [-0.25, -0.2) is 4.79 Å². The van der Waals surface area contributed by atoms with Crippen LogP contribution < -0.4 is 0 Å². The number of carboxylic acid groups (broad SMARTS) is 2. The zero-order valence-corrected chi connectivity index (χ0v) is 37.2. The van der Waals surface area contributed by atoms with Crippen molar-refractivity contribution in [2.45, 2.75) is 239 Å². The summed E-state index contributed by atoms with van der Waals surface area (Å²) in [4.78, 5) is 49.0. The first-order valence-corrected chi connectivity index (χ1v) is 23.9. The normalized spacial score (nSPS) is 11.9. The second-order valence-electron chi connectivity index (χ2n) is 16.4. The van der Waals surface area contributed by atoms with Gasteiger partial charge in [0, 0.05) is 32.2 Å². The van der Waals surface area contributed by atoms with Gasteiger partial charge in [-0.05, 0) is 57.5 Å².